The third-order valence-corrected chi connectivity index (χ3v) is 3.40. The molecule has 0 aliphatic heterocycles. The van der Waals surface area contributed by atoms with E-state index in [1.165, 1.54) is 4.90 Å². The van der Waals surface area contributed by atoms with Crippen molar-refractivity contribution in [2.75, 3.05) is 25.3 Å². The van der Waals surface area contributed by atoms with Gasteiger partial charge in [-0.1, -0.05) is 12.1 Å². The molecule has 0 amide bonds. The molecule has 1 aromatic carbocycles. The maximum atomic E-state index is 5.08. The molecule has 0 radical (unpaired) electrons. The highest BCUT2D eigenvalue weighted by Crippen LogP contribution is 2.27. The first-order valence-electron chi connectivity index (χ1n) is 5.75. The van der Waals surface area contributed by atoms with E-state index in [0.29, 0.717) is 6.61 Å². The molecule has 1 N–H and O–H groups in total. The predicted molar refractivity (Wildman–Crippen MR) is 75.6 cm³/mol. The van der Waals surface area contributed by atoms with Gasteiger partial charge in [-0.15, -0.1) is 11.8 Å². The summed E-state index contributed by atoms with van der Waals surface area (Å²) in [6.45, 7) is 1.47. The number of nitrogens with zero attached hydrogens (tertiary/aromatic N) is 2. The lowest BCUT2D eigenvalue weighted by molar-refractivity contribution is 0.188. The van der Waals surface area contributed by atoms with E-state index >= 15 is 0 Å². The molecule has 0 atom stereocenters. The minimum absolute atomic E-state index is 0.676. The molecule has 4 nitrogen and oxygen atoms in total. The van der Waals surface area contributed by atoms with Crippen molar-refractivity contribution in [2.24, 2.45) is 0 Å². The van der Waals surface area contributed by atoms with E-state index in [0.717, 1.165) is 18.2 Å². The first-order valence-corrected chi connectivity index (χ1v) is 6.97. The number of nitrogens with one attached hydrogen (secondary N) is 1. The summed E-state index contributed by atoms with van der Waals surface area (Å²) in [5.74, 6) is 0.841. The normalized spacial score (nSPS) is 10.6. The van der Waals surface area contributed by atoms with Gasteiger partial charge in [0.15, 0.2) is 0 Å². The van der Waals surface area contributed by atoms with Crippen LogP contribution in [0.15, 0.2) is 41.6 Å². The topological polar surface area (TPSA) is 39.1 Å². The number of ether oxygens (including phenoxy) is 1. The maximum Gasteiger partial charge on any atom is 0.207 e. The molecular weight excluding hydrogens is 246 g/mol. The molecule has 96 valence electrons. The van der Waals surface area contributed by atoms with E-state index in [4.69, 9.17) is 4.74 Å². The average molecular weight is 263 g/mol. The molecule has 1 heterocycles. The Kier molecular flexibility index (Phi) is 4.66. The van der Waals surface area contributed by atoms with Crippen molar-refractivity contribution in [1.82, 2.24) is 9.55 Å². The van der Waals surface area contributed by atoms with Crippen LogP contribution in [-0.2, 0) is 11.3 Å². The number of anilines is 2. The van der Waals surface area contributed by atoms with Gasteiger partial charge in [-0.3, -0.25) is 0 Å². The number of para-hydroxylation sites is 1. The van der Waals surface area contributed by atoms with E-state index in [1.807, 2.05) is 22.9 Å². The van der Waals surface area contributed by atoms with E-state index in [2.05, 4.69) is 28.7 Å². The van der Waals surface area contributed by atoms with Gasteiger partial charge in [0, 0.05) is 30.9 Å². The van der Waals surface area contributed by atoms with Crippen molar-refractivity contribution >= 4 is 23.4 Å². The summed E-state index contributed by atoms with van der Waals surface area (Å²) in [6, 6.07) is 8.20. The number of hydrogen-bond acceptors (Lipinski definition) is 4. The Morgan fingerprint density at radius 3 is 3.00 bits per heavy atom. The fourth-order valence-corrected chi connectivity index (χ4v) is 2.23. The lowest BCUT2D eigenvalue weighted by atomic mass is 10.3. The molecule has 1 aromatic heterocycles. The molecule has 2 rings (SSSR count). The zero-order valence-electron chi connectivity index (χ0n) is 10.6. The van der Waals surface area contributed by atoms with Crippen molar-refractivity contribution in [3.05, 3.63) is 36.7 Å². The van der Waals surface area contributed by atoms with Gasteiger partial charge in [0.05, 0.1) is 12.3 Å². The zero-order chi connectivity index (χ0) is 12.8. The van der Waals surface area contributed by atoms with Gasteiger partial charge in [-0.05, 0) is 18.4 Å². The van der Waals surface area contributed by atoms with Crippen LogP contribution in [-0.4, -0.2) is 29.5 Å². The van der Waals surface area contributed by atoms with Gasteiger partial charge in [-0.25, -0.2) is 4.98 Å². The fraction of sp³-hybridized carbons (Fsp3) is 0.308. The van der Waals surface area contributed by atoms with Crippen LogP contribution < -0.4 is 5.32 Å². The van der Waals surface area contributed by atoms with Crippen molar-refractivity contribution in [3.8, 4) is 0 Å². The molecule has 18 heavy (non-hydrogen) atoms. The van der Waals surface area contributed by atoms with Crippen LogP contribution in [0.5, 0.6) is 0 Å². The van der Waals surface area contributed by atoms with Gasteiger partial charge in [-0.2, -0.15) is 0 Å². The lowest BCUT2D eigenvalue weighted by Crippen LogP contribution is -2.07. The van der Waals surface area contributed by atoms with Crippen LogP contribution in [0, 0.1) is 0 Å². The van der Waals surface area contributed by atoms with Crippen LogP contribution >= 0.6 is 11.8 Å². The molecule has 0 bridgehead atoms. The zero-order valence-corrected chi connectivity index (χ0v) is 11.4. The lowest BCUT2D eigenvalue weighted by Gasteiger charge is -2.11. The quantitative estimate of drug-likeness (QED) is 0.813. The summed E-state index contributed by atoms with van der Waals surface area (Å²) in [5.41, 5.74) is 1.08. The maximum absolute atomic E-state index is 5.08. The molecule has 2 aromatic rings. The van der Waals surface area contributed by atoms with Crippen molar-refractivity contribution in [1.29, 1.82) is 0 Å². The van der Waals surface area contributed by atoms with Gasteiger partial charge >= 0.3 is 0 Å². The molecule has 0 spiro atoms. The molecule has 0 aliphatic rings. The Morgan fingerprint density at radius 1 is 1.39 bits per heavy atom. The van der Waals surface area contributed by atoms with E-state index in [1.54, 1.807) is 25.1 Å². The highest BCUT2D eigenvalue weighted by Gasteiger charge is 2.05. The standard InChI is InChI=1S/C13H17N3OS/c1-17-10-9-16-8-7-14-13(16)15-11-5-3-4-6-12(11)18-2/h3-8H,9-10H2,1-2H3,(H,14,15). The van der Waals surface area contributed by atoms with Crippen LogP contribution in [0.1, 0.15) is 0 Å². The summed E-state index contributed by atoms with van der Waals surface area (Å²) in [4.78, 5) is 5.53. The highest BCUT2D eigenvalue weighted by molar-refractivity contribution is 7.98. The molecule has 0 aliphatic carbocycles. The number of methoxy groups -OCH3 is 1. The van der Waals surface area contributed by atoms with Gasteiger partial charge < -0.3 is 14.6 Å². The largest absolute Gasteiger partial charge is 0.383 e. The molecule has 0 saturated carbocycles. The van der Waals surface area contributed by atoms with Crippen LogP contribution in [0.25, 0.3) is 0 Å². The summed E-state index contributed by atoms with van der Waals surface area (Å²) < 4.78 is 7.13. The number of benzene rings is 1. The Balaban J connectivity index is 2.15. The third-order valence-electron chi connectivity index (χ3n) is 2.61. The molecule has 0 saturated heterocycles. The third kappa shape index (κ3) is 3.05. The van der Waals surface area contributed by atoms with Crippen LogP contribution in [0.3, 0.4) is 0 Å². The number of imidazole rings is 1. The van der Waals surface area contributed by atoms with E-state index in [-0.39, 0.29) is 0 Å². The predicted octanol–water partition coefficient (Wildman–Crippen LogP) is 3.00. The highest BCUT2D eigenvalue weighted by atomic mass is 32.2. The summed E-state index contributed by atoms with van der Waals surface area (Å²) in [6.07, 6.45) is 5.81. The number of thioether (sulfide) groups is 1. The Hall–Kier alpha value is -1.46. The minimum Gasteiger partial charge on any atom is -0.383 e. The summed E-state index contributed by atoms with van der Waals surface area (Å²) >= 11 is 1.72. The second-order valence-corrected chi connectivity index (χ2v) is 4.61. The van der Waals surface area contributed by atoms with E-state index in [9.17, 15) is 0 Å². The second-order valence-electron chi connectivity index (χ2n) is 3.76. The smallest absolute Gasteiger partial charge is 0.207 e. The molecule has 0 fully saturated rings. The first-order chi connectivity index (χ1) is 8.85. The van der Waals surface area contributed by atoms with Crippen molar-refractivity contribution < 1.29 is 4.74 Å². The summed E-state index contributed by atoms with van der Waals surface area (Å²) in [7, 11) is 1.70. The van der Waals surface area contributed by atoms with Gasteiger partial charge in [0.2, 0.25) is 5.95 Å². The Morgan fingerprint density at radius 2 is 2.22 bits per heavy atom. The van der Waals surface area contributed by atoms with Crippen molar-refractivity contribution in [2.45, 2.75) is 11.4 Å². The van der Waals surface area contributed by atoms with Crippen LogP contribution in [0.2, 0.25) is 0 Å². The Labute approximate surface area is 111 Å². The van der Waals surface area contributed by atoms with Gasteiger partial charge in [0.1, 0.15) is 0 Å². The number of aromatic nitrogens is 2. The first kappa shape index (κ1) is 13.0. The molecular formula is C13H17N3OS. The van der Waals surface area contributed by atoms with Crippen molar-refractivity contribution in [3.63, 3.8) is 0 Å². The summed E-state index contributed by atoms with van der Waals surface area (Å²) in [5, 5.41) is 3.36. The number of rotatable bonds is 6. The second kappa shape index (κ2) is 6.47. The van der Waals surface area contributed by atoms with E-state index < -0.39 is 0 Å². The SMILES string of the molecule is COCCn1ccnc1Nc1ccccc1SC. The fourth-order valence-electron chi connectivity index (χ4n) is 1.67. The van der Waals surface area contributed by atoms with Crippen LogP contribution in [0.4, 0.5) is 11.6 Å². The van der Waals surface area contributed by atoms with Gasteiger partial charge in [0.25, 0.3) is 0 Å². The molecule has 0 unspecified atom stereocenters. The monoisotopic (exact) mass is 263 g/mol. The minimum atomic E-state index is 0.676. The average Bonchev–Trinajstić information content (AvgIpc) is 2.84. The Bertz CT molecular complexity index is 498. The molecule has 5 heteroatoms. The number of hydrogen-bond donors (Lipinski definition) is 1.